The van der Waals surface area contributed by atoms with Crippen LogP contribution in [0.2, 0.25) is 0 Å². The first-order valence-electron chi connectivity index (χ1n) is 4.00. The molecule has 0 bridgehead atoms. The fourth-order valence-corrected chi connectivity index (χ4v) is 1.24. The molecular formula is C7H11N3O2. The Morgan fingerprint density at radius 2 is 2.42 bits per heavy atom. The SMILES string of the molecule is NCc1nnc(C2CCOC2)o1. The van der Waals surface area contributed by atoms with E-state index in [1.54, 1.807) is 0 Å². The summed E-state index contributed by atoms with van der Waals surface area (Å²) in [7, 11) is 0. The van der Waals surface area contributed by atoms with Gasteiger partial charge in [0.2, 0.25) is 11.8 Å². The van der Waals surface area contributed by atoms with Crippen molar-refractivity contribution in [2.75, 3.05) is 13.2 Å². The highest BCUT2D eigenvalue weighted by Crippen LogP contribution is 2.23. The Morgan fingerprint density at radius 1 is 1.50 bits per heavy atom. The van der Waals surface area contributed by atoms with E-state index in [0.29, 0.717) is 24.9 Å². The van der Waals surface area contributed by atoms with E-state index in [1.165, 1.54) is 0 Å². The van der Waals surface area contributed by atoms with Crippen LogP contribution < -0.4 is 5.73 Å². The summed E-state index contributed by atoms with van der Waals surface area (Å²) in [6, 6.07) is 0. The van der Waals surface area contributed by atoms with Crippen molar-refractivity contribution in [1.29, 1.82) is 0 Å². The molecule has 2 heterocycles. The molecule has 0 aliphatic carbocycles. The average molecular weight is 169 g/mol. The first-order valence-corrected chi connectivity index (χ1v) is 4.00. The fraction of sp³-hybridized carbons (Fsp3) is 0.714. The molecule has 1 aromatic rings. The predicted octanol–water partition coefficient (Wildman–Crippen LogP) is 0.0322. The van der Waals surface area contributed by atoms with Crippen LogP contribution in [0, 0.1) is 0 Å². The summed E-state index contributed by atoms with van der Waals surface area (Å²) < 4.78 is 10.5. The lowest BCUT2D eigenvalue weighted by Crippen LogP contribution is -1.97. The smallest absolute Gasteiger partial charge is 0.230 e. The van der Waals surface area contributed by atoms with E-state index >= 15 is 0 Å². The summed E-state index contributed by atoms with van der Waals surface area (Å²) in [5, 5.41) is 7.67. The Hall–Kier alpha value is -0.940. The van der Waals surface area contributed by atoms with Gasteiger partial charge in [0.25, 0.3) is 0 Å². The standard InChI is InChI=1S/C7H11N3O2/c8-3-6-9-10-7(12-6)5-1-2-11-4-5/h5H,1-4,8H2. The molecule has 0 amide bonds. The molecule has 12 heavy (non-hydrogen) atoms. The van der Waals surface area contributed by atoms with E-state index in [1.807, 2.05) is 0 Å². The average Bonchev–Trinajstić information content (AvgIpc) is 2.75. The van der Waals surface area contributed by atoms with Gasteiger partial charge in [-0.15, -0.1) is 10.2 Å². The van der Waals surface area contributed by atoms with E-state index in [2.05, 4.69) is 10.2 Å². The molecule has 0 radical (unpaired) electrons. The second-order valence-electron chi connectivity index (χ2n) is 2.80. The molecule has 1 atom stereocenters. The van der Waals surface area contributed by atoms with Crippen LogP contribution in [-0.4, -0.2) is 23.4 Å². The van der Waals surface area contributed by atoms with Gasteiger partial charge >= 0.3 is 0 Å². The minimum absolute atomic E-state index is 0.276. The van der Waals surface area contributed by atoms with Gasteiger partial charge in [-0.2, -0.15) is 0 Å². The van der Waals surface area contributed by atoms with Crippen LogP contribution in [0.25, 0.3) is 0 Å². The minimum atomic E-state index is 0.276. The van der Waals surface area contributed by atoms with Crippen molar-refractivity contribution in [2.45, 2.75) is 18.9 Å². The molecular weight excluding hydrogens is 158 g/mol. The minimum Gasteiger partial charge on any atom is -0.423 e. The second-order valence-corrected chi connectivity index (χ2v) is 2.80. The number of nitrogens with zero attached hydrogens (tertiary/aromatic N) is 2. The Bertz CT molecular complexity index is 255. The summed E-state index contributed by atoms with van der Waals surface area (Å²) in [6.45, 7) is 1.78. The van der Waals surface area contributed by atoms with Gasteiger partial charge in [0.1, 0.15) is 0 Å². The molecule has 0 aromatic carbocycles. The van der Waals surface area contributed by atoms with Gasteiger partial charge in [0, 0.05) is 6.61 Å². The molecule has 2 N–H and O–H groups in total. The van der Waals surface area contributed by atoms with Crippen molar-refractivity contribution in [3.63, 3.8) is 0 Å². The normalized spacial score (nSPS) is 23.2. The van der Waals surface area contributed by atoms with Gasteiger partial charge in [-0.1, -0.05) is 0 Å². The van der Waals surface area contributed by atoms with E-state index < -0.39 is 0 Å². The van der Waals surface area contributed by atoms with E-state index in [9.17, 15) is 0 Å². The van der Waals surface area contributed by atoms with Crippen LogP contribution >= 0.6 is 0 Å². The van der Waals surface area contributed by atoms with Gasteiger partial charge < -0.3 is 14.9 Å². The molecule has 1 aliphatic heterocycles. The number of nitrogens with two attached hydrogens (primary N) is 1. The third kappa shape index (κ3) is 1.33. The summed E-state index contributed by atoms with van der Waals surface area (Å²) in [5.41, 5.74) is 5.33. The molecule has 5 heteroatoms. The Balaban J connectivity index is 2.11. The second kappa shape index (κ2) is 3.20. The topological polar surface area (TPSA) is 74.2 Å². The maximum Gasteiger partial charge on any atom is 0.230 e. The van der Waals surface area contributed by atoms with Gasteiger partial charge in [-0.25, -0.2) is 0 Å². The molecule has 2 rings (SSSR count). The highest BCUT2D eigenvalue weighted by Gasteiger charge is 2.22. The van der Waals surface area contributed by atoms with Crippen molar-refractivity contribution in [3.05, 3.63) is 11.8 Å². The fourth-order valence-electron chi connectivity index (χ4n) is 1.24. The summed E-state index contributed by atoms with van der Waals surface area (Å²) in [6.07, 6.45) is 0.964. The summed E-state index contributed by atoms with van der Waals surface area (Å²) in [5.74, 6) is 1.43. The van der Waals surface area contributed by atoms with Crippen LogP contribution in [0.5, 0.6) is 0 Å². The van der Waals surface area contributed by atoms with Crippen LogP contribution in [0.1, 0.15) is 24.1 Å². The zero-order chi connectivity index (χ0) is 8.39. The molecule has 1 fully saturated rings. The monoisotopic (exact) mass is 169 g/mol. The Kier molecular flexibility index (Phi) is 2.05. The van der Waals surface area contributed by atoms with Crippen molar-refractivity contribution in [2.24, 2.45) is 5.73 Å². The van der Waals surface area contributed by atoms with Gasteiger partial charge in [0.05, 0.1) is 19.1 Å². The third-order valence-corrected chi connectivity index (χ3v) is 1.94. The highest BCUT2D eigenvalue weighted by atomic mass is 16.5. The first kappa shape index (κ1) is 7.70. The molecule has 0 spiro atoms. The zero-order valence-corrected chi connectivity index (χ0v) is 6.69. The van der Waals surface area contributed by atoms with Crippen LogP contribution in [0.3, 0.4) is 0 Å². The number of hydrogen-bond donors (Lipinski definition) is 1. The summed E-state index contributed by atoms with van der Waals surface area (Å²) in [4.78, 5) is 0. The molecule has 66 valence electrons. The molecule has 0 saturated carbocycles. The van der Waals surface area contributed by atoms with E-state index in [-0.39, 0.29) is 5.92 Å². The lowest BCUT2D eigenvalue weighted by atomic mass is 10.1. The number of hydrogen-bond acceptors (Lipinski definition) is 5. The Labute approximate surface area is 69.9 Å². The first-order chi connectivity index (χ1) is 5.90. The number of aromatic nitrogens is 2. The zero-order valence-electron chi connectivity index (χ0n) is 6.69. The lowest BCUT2D eigenvalue weighted by Gasteiger charge is -1.97. The lowest BCUT2D eigenvalue weighted by molar-refractivity contribution is 0.190. The molecule has 1 saturated heterocycles. The van der Waals surface area contributed by atoms with Crippen molar-refractivity contribution in [3.8, 4) is 0 Å². The van der Waals surface area contributed by atoms with Crippen LogP contribution in [-0.2, 0) is 11.3 Å². The maximum absolute atomic E-state index is 5.33. The van der Waals surface area contributed by atoms with Gasteiger partial charge in [-0.3, -0.25) is 0 Å². The van der Waals surface area contributed by atoms with Gasteiger partial charge in [0.15, 0.2) is 0 Å². The van der Waals surface area contributed by atoms with E-state index in [4.69, 9.17) is 14.9 Å². The van der Waals surface area contributed by atoms with Crippen molar-refractivity contribution < 1.29 is 9.15 Å². The largest absolute Gasteiger partial charge is 0.423 e. The number of rotatable bonds is 2. The molecule has 1 unspecified atom stereocenters. The summed E-state index contributed by atoms with van der Waals surface area (Å²) >= 11 is 0. The van der Waals surface area contributed by atoms with Crippen LogP contribution in [0.4, 0.5) is 0 Å². The van der Waals surface area contributed by atoms with Crippen molar-refractivity contribution in [1.82, 2.24) is 10.2 Å². The third-order valence-electron chi connectivity index (χ3n) is 1.94. The van der Waals surface area contributed by atoms with Gasteiger partial charge in [-0.05, 0) is 6.42 Å². The number of ether oxygens (including phenoxy) is 1. The Morgan fingerprint density at radius 3 is 3.00 bits per heavy atom. The predicted molar refractivity (Wildman–Crippen MR) is 40.4 cm³/mol. The highest BCUT2D eigenvalue weighted by molar-refractivity contribution is 4.93. The quantitative estimate of drug-likeness (QED) is 0.676. The van der Waals surface area contributed by atoms with Crippen LogP contribution in [0.15, 0.2) is 4.42 Å². The molecule has 5 nitrogen and oxygen atoms in total. The van der Waals surface area contributed by atoms with Crippen molar-refractivity contribution >= 4 is 0 Å². The van der Waals surface area contributed by atoms with E-state index in [0.717, 1.165) is 13.0 Å². The molecule has 1 aliphatic rings. The maximum atomic E-state index is 5.33. The molecule has 1 aromatic heterocycles.